The summed E-state index contributed by atoms with van der Waals surface area (Å²) in [6, 6.07) is 14.1. The van der Waals surface area contributed by atoms with Crippen LogP contribution in [0, 0.1) is 5.82 Å². The highest BCUT2D eigenvalue weighted by atomic mass is 32.2. The second kappa shape index (κ2) is 4.36. The fourth-order valence-corrected chi connectivity index (χ4v) is 2.10. The summed E-state index contributed by atoms with van der Waals surface area (Å²) >= 11 is 1.34. The molecule has 1 nitrogen and oxygen atoms in total. The monoisotopic (exact) mass is 219 g/mol. The Balaban J connectivity index is 2.30. The van der Waals surface area contributed by atoms with Gasteiger partial charge in [0.1, 0.15) is 5.82 Å². The fraction of sp³-hybridized carbons (Fsp3) is 0. The van der Waals surface area contributed by atoms with E-state index in [1.54, 1.807) is 12.1 Å². The van der Waals surface area contributed by atoms with Crippen LogP contribution in [0.15, 0.2) is 58.3 Å². The molecule has 0 unspecified atom stereocenters. The number of hydrogen-bond acceptors (Lipinski definition) is 2. The minimum atomic E-state index is -0.217. The van der Waals surface area contributed by atoms with Crippen LogP contribution >= 0.6 is 11.8 Å². The Morgan fingerprint density at radius 1 is 0.867 bits per heavy atom. The van der Waals surface area contributed by atoms with Crippen molar-refractivity contribution in [3.8, 4) is 0 Å². The van der Waals surface area contributed by atoms with Crippen molar-refractivity contribution in [2.75, 3.05) is 5.73 Å². The van der Waals surface area contributed by atoms with Crippen LogP contribution in [-0.2, 0) is 0 Å². The predicted octanol–water partition coefficient (Wildman–Crippen LogP) is 3.56. The van der Waals surface area contributed by atoms with Crippen molar-refractivity contribution in [1.82, 2.24) is 0 Å². The largest absolute Gasteiger partial charge is 0.398 e. The third-order valence-electron chi connectivity index (χ3n) is 1.98. The summed E-state index contributed by atoms with van der Waals surface area (Å²) < 4.78 is 13.3. The number of hydrogen-bond donors (Lipinski definition) is 1. The van der Waals surface area contributed by atoms with Crippen molar-refractivity contribution in [2.24, 2.45) is 0 Å². The van der Waals surface area contributed by atoms with Gasteiger partial charge in [-0.1, -0.05) is 36.0 Å². The quantitative estimate of drug-likeness (QED) is 0.781. The molecule has 2 aromatic rings. The van der Waals surface area contributed by atoms with Crippen molar-refractivity contribution in [3.63, 3.8) is 0 Å². The molecular weight excluding hydrogens is 209 g/mol. The molecule has 2 N–H and O–H groups in total. The van der Waals surface area contributed by atoms with E-state index in [0.29, 0.717) is 10.6 Å². The third kappa shape index (κ3) is 2.30. The van der Waals surface area contributed by atoms with Gasteiger partial charge in [0.05, 0.1) is 0 Å². The highest BCUT2D eigenvalue weighted by Crippen LogP contribution is 2.32. The van der Waals surface area contributed by atoms with E-state index in [1.807, 2.05) is 30.3 Å². The van der Waals surface area contributed by atoms with Gasteiger partial charge in [-0.2, -0.15) is 0 Å². The first-order valence-electron chi connectivity index (χ1n) is 4.54. The molecule has 0 aromatic heterocycles. The molecule has 0 spiro atoms. The topological polar surface area (TPSA) is 26.0 Å². The van der Waals surface area contributed by atoms with E-state index in [4.69, 9.17) is 5.73 Å². The minimum Gasteiger partial charge on any atom is -0.398 e. The van der Waals surface area contributed by atoms with Gasteiger partial charge in [0.2, 0.25) is 0 Å². The third-order valence-corrected chi connectivity index (χ3v) is 3.12. The molecule has 0 saturated heterocycles. The Labute approximate surface area is 92.1 Å². The average Bonchev–Trinajstić information content (AvgIpc) is 2.24. The zero-order chi connectivity index (χ0) is 10.7. The number of benzene rings is 2. The number of para-hydroxylation sites is 1. The van der Waals surface area contributed by atoms with Crippen molar-refractivity contribution in [3.05, 3.63) is 54.3 Å². The SMILES string of the molecule is Nc1ccccc1Sc1ccccc1F. The Hall–Kier alpha value is -1.48. The van der Waals surface area contributed by atoms with Gasteiger partial charge >= 0.3 is 0 Å². The Bertz CT molecular complexity index is 427. The second-order valence-corrected chi connectivity index (χ2v) is 4.15. The molecular formula is C12H10FNS. The molecule has 0 atom stereocenters. The van der Waals surface area contributed by atoms with E-state index in [-0.39, 0.29) is 5.82 Å². The molecule has 0 heterocycles. The Kier molecular flexibility index (Phi) is 2.92. The van der Waals surface area contributed by atoms with E-state index in [0.717, 1.165) is 4.90 Å². The first kappa shape index (κ1) is 10.1. The normalized spacial score (nSPS) is 10.2. The van der Waals surface area contributed by atoms with Crippen molar-refractivity contribution in [1.29, 1.82) is 0 Å². The van der Waals surface area contributed by atoms with Gasteiger partial charge in [-0.3, -0.25) is 0 Å². The van der Waals surface area contributed by atoms with E-state index in [2.05, 4.69) is 0 Å². The number of rotatable bonds is 2. The lowest BCUT2D eigenvalue weighted by Crippen LogP contribution is -1.87. The average molecular weight is 219 g/mol. The summed E-state index contributed by atoms with van der Waals surface area (Å²) in [5.74, 6) is -0.217. The first-order chi connectivity index (χ1) is 7.27. The summed E-state index contributed by atoms with van der Waals surface area (Å²) in [5.41, 5.74) is 6.45. The molecule has 2 aromatic carbocycles. The summed E-state index contributed by atoms with van der Waals surface area (Å²) in [6.07, 6.45) is 0. The van der Waals surface area contributed by atoms with Gasteiger partial charge < -0.3 is 5.73 Å². The zero-order valence-corrected chi connectivity index (χ0v) is 8.80. The smallest absolute Gasteiger partial charge is 0.137 e. The molecule has 2 rings (SSSR count). The molecule has 0 radical (unpaired) electrons. The van der Waals surface area contributed by atoms with Crippen molar-refractivity contribution < 1.29 is 4.39 Å². The van der Waals surface area contributed by atoms with Gasteiger partial charge in [-0.25, -0.2) is 4.39 Å². The van der Waals surface area contributed by atoms with Gasteiger partial charge in [0.25, 0.3) is 0 Å². The molecule has 0 bridgehead atoms. The molecule has 15 heavy (non-hydrogen) atoms. The van der Waals surface area contributed by atoms with Crippen LogP contribution in [0.1, 0.15) is 0 Å². The molecule has 0 aliphatic carbocycles. The molecule has 76 valence electrons. The lowest BCUT2D eigenvalue weighted by Gasteiger charge is -2.05. The van der Waals surface area contributed by atoms with Gasteiger partial charge in [-0.15, -0.1) is 0 Å². The van der Waals surface area contributed by atoms with E-state index < -0.39 is 0 Å². The molecule has 0 saturated carbocycles. The highest BCUT2D eigenvalue weighted by molar-refractivity contribution is 7.99. The zero-order valence-electron chi connectivity index (χ0n) is 7.98. The lowest BCUT2D eigenvalue weighted by atomic mass is 10.3. The predicted molar refractivity (Wildman–Crippen MR) is 61.4 cm³/mol. The number of nitrogens with two attached hydrogens (primary N) is 1. The van der Waals surface area contributed by atoms with Crippen LogP contribution in [0.5, 0.6) is 0 Å². The summed E-state index contributed by atoms with van der Waals surface area (Å²) in [7, 11) is 0. The molecule has 0 aliphatic heterocycles. The minimum absolute atomic E-state index is 0.217. The van der Waals surface area contributed by atoms with Crippen LogP contribution in [0.2, 0.25) is 0 Å². The maximum Gasteiger partial charge on any atom is 0.137 e. The van der Waals surface area contributed by atoms with Crippen molar-refractivity contribution >= 4 is 17.4 Å². The van der Waals surface area contributed by atoms with Gasteiger partial charge in [-0.05, 0) is 24.3 Å². The summed E-state index contributed by atoms with van der Waals surface area (Å²) in [4.78, 5) is 1.47. The number of anilines is 1. The van der Waals surface area contributed by atoms with Crippen molar-refractivity contribution in [2.45, 2.75) is 9.79 Å². The van der Waals surface area contributed by atoms with Crippen LogP contribution in [0.4, 0.5) is 10.1 Å². The van der Waals surface area contributed by atoms with Crippen LogP contribution in [0.3, 0.4) is 0 Å². The Morgan fingerprint density at radius 3 is 2.13 bits per heavy atom. The van der Waals surface area contributed by atoms with E-state index >= 15 is 0 Å². The molecule has 0 fully saturated rings. The van der Waals surface area contributed by atoms with E-state index in [9.17, 15) is 4.39 Å². The highest BCUT2D eigenvalue weighted by Gasteiger charge is 2.04. The maximum atomic E-state index is 13.3. The first-order valence-corrected chi connectivity index (χ1v) is 5.36. The fourth-order valence-electron chi connectivity index (χ4n) is 1.22. The van der Waals surface area contributed by atoms with Crippen LogP contribution in [-0.4, -0.2) is 0 Å². The summed E-state index contributed by atoms with van der Waals surface area (Å²) in [6.45, 7) is 0. The molecule has 3 heteroatoms. The van der Waals surface area contributed by atoms with Crippen LogP contribution in [0.25, 0.3) is 0 Å². The Morgan fingerprint density at radius 2 is 1.47 bits per heavy atom. The molecule has 0 amide bonds. The lowest BCUT2D eigenvalue weighted by molar-refractivity contribution is 0.602. The van der Waals surface area contributed by atoms with Gasteiger partial charge in [0, 0.05) is 15.5 Å². The summed E-state index contributed by atoms with van der Waals surface area (Å²) in [5, 5.41) is 0. The number of nitrogen functional groups attached to an aromatic ring is 1. The second-order valence-electron chi connectivity index (χ2n) is 3.07. The molecule has 0 aliphatic rings. The standard InChI is InChI=1S/C12H10FNS/c13-9-5-1-3-7-11(9)15-12-8-4-2-6-10(12)14/h1-8H,14H2. The number of halogens is 1. The van der Waals surface area contributed by atoms with Gasteiger partial charge in [0.15, 0.2) is 0 Å². The maximum absolute atomic E-state index is 13.3. The van der Waals surface area contributed by atoms with E-state index in [1.165, 1.54) is 17.8 Å². The van der Waals surface area contributed by atoms with Crippen LogP contribution < -0.4 is 5.73 Å².